The van der Waals surface area contributed by atoms with E-state index in [2.05, 4.69) is 22.9 Å². The molecule has 12 heavy (non-hydrogen) atoms. The molecule has 1 rings (SSSR count). The van der Waals surface area contributed by atoms with Gasteiger partial charge in [0.25, 0.3) is 0 Å². The van der Waals surface area contributed by atoms with Crippen LogP contribution < -0.4 is 5.73 Å². The lowest BCUT2D eigenvalue weighted by Gasteiger charge is -2.09. The van der Waals surface area contributed by atoms with Crippen molar-refractivity contribution in [3.05, 3.63) is 28.2 Å². The van der Waals surface area contributed by atoms with Gasteiger partial charge in [0.05, 0.1) is 4.47 Å². The van der Waals surface area contributed by atoms with Crippen LogP contribution >= 0.6 is 15.9 Å². The molecule has 0 saturated heterocycles. The monoisotopic (exact) mass is 229 g/mol. The minimum atomic E-state index is 0.267. The van der Waals surface area contributed by atoms with Gasteiger partial charge in [0.1, 0.15) is 5.75 Å². The Morgan fingerprint density at radius 2 is 2.25 bits per heavy atom. The van der Waals surface area contributed by atoms with Crippen LogP contribution in [0.3, 0.4) is 0 Å². The Morgan fingerprint density at radius 3 is 2.75 bits per heavy atom. The Bertz CT molecular complexity index is 275. The second kappa shape index (κ2) is 3.92. The highest BCUT2D eigenvalue weighted by Crippen LogP contribution is 2.27. The smallest absolute Gasteiger partial charge is 0.129 e. The SMILES string of the molecule is CC(CN)c1ccc(O)c(Br)c1. The molecule has 0 amide bonds. The highest BCUT2D eigenvalue weighted by atomic mass is 79.9. The summed E-state index contributed by atoms with van der Waals surface area (Å²) in [6.07, 6.45) is 0. The molecule has 1 aromatic rings. The van der Waals surface area contributed by atoms with Crippen molar-refractivity contribution in [3.63, 3.8) is 0 Å². The van der Waals surface area contributed by atoms with Crippen molar-refractivity contribution in [2.75, 3.05) is 6.54 Å². The Hall–Kier alpha value is -0.540. The van der Waals surface area contributed by atoms with Gasteiger partial charge in [-0.1, -0.05) is 13.0 Å². The van der Waals surface area contributed by atoms with E-state index >= 15 is 0 Å². The van der Waals surface area contributed by atoms with Gasteiger partial charge in [-0.15, -0.1) is 0 Å². The summed E-state index contributed by atoms with van der Waals surface area (Å²) in [7, 11) is 0. The maximum atomic E-state index is 9.22. The fourth-order valence-electron chi connectivity index (χ4n) is 0.966. The number of rotatable bonds is 2. The maximum absolute atomic E-state index is 9.22. The van der Waals surface area contributed by atoms with Crippen LogP contribution in [0.15, 0.2) is 22.7 Å². The molecular weight excluding hydrogens is 218 g/mol. The van der Waals surface area contributed by atoms with E-state index in [1.54, 1.807) is 6.07 Å². The van der Waals surface area contributed by atoms with Gasteiger partial charge in [-0.05, 0) is 46.1 Å². The average molecular weight is 230 g/mol. The number of benzene rings is 1. The van der Waals surface area contributed by atoms with E-state index in [0.717, 1.165) is 10.0 Å². The summed E-state index contributed by atoms with van der Waals surface area (Å²) in [5.74, 6) is 0.602. The molecule has 1 aromatic carbocycles. The van der Waals surface area contributed by atoms with Gasteiger partial charge in [0.15, 0.2) is 0 Å². The number of hydrogen-bond acceptors (Lipinski definition) is 2. The molecule has 66 valence electrons. The number of phenols is 1. The first-order chi connectivity index (χ1) is 5.65. The van der Waals surface area contributed by atoms with Crippen molar-refractivity contribution in [1.29, 1.82) is 0 Å². The van der Waals surface area contributed by atoms with E-state index in [9.17, 15) is 5.11 Å². The number of phenolic OH excluding ortho intramolecular Hbond substituents is 1. The molecule has 0 fully saturated rings. The first kappa shape index (κ1) is 9.55. The Morgan fingerprint density at radius 1 is 1.58 bits per heavy atom. The zero-order chi connectivity index (χ0) is 9.14. The van der Waals surface area contributed by atoms with E-state index in [4.69, 9.17) is 5.73 Å². The predicted molar refractivity (Wildman–Crippen MR) is 53.3 cm³/mol. The van der Waals surface area contributed by atoms with Crippen LogP contribution in [0.2, 0.25) is 0 Å². The normalized spacial score (nSPS) is 12.9. The first-order valence-electron chi connectivity index (χ1n) is 3.83. The summed E-state index contributed by atoms with van der Waals surface area (Å²) in [6, 6.07) is 5.45. The van der Waals surface area contributed by atoms with E-state index in [1.165, 1.54) is 0 Å². The van der Waals surface area contributed by atoms with Crippen molar-refractivity contribution < 1.29 is 5.11 Å². The number of halogens is 1. The van der Waals surface area contributed by atoms with Crippen molar-refractivity contribution >= 4 is 15.9 Å². The topological polar surface area (TPSA) is 46.2 Å². The third-order valence-electron chi connectivity index (χ3n) is 1.89. The highest BCUT2D eigenvalue weighted by Gasteiger charge is 2.05. The van der Waals surface area contributed by atoms with Crippen molar-refractivity contribution in [2.45, 2.75) is 12.8 Å². The van der Waals surface area contributed by atoms with Gasteiger partial charge in [0, 0.05) is 0 Å². The highest BCUT2D eigenvalue weighted by molar-refractivity contribution is 9.10. The molecule has 0 saturated carbocycles. The molecule has 0 radical (unpaired) electrons. The van der Waals surface area contributed by atoms with Crippen LogP contribution in [0.1, 0.15) is 18.4 Å². The Labute approximate surface area is 80.5 Å². The summed E-state index contributed by atoms with van der Waals surface area (Å²) in [5, 5.41) is 9.22. The second-order valence-electron chi connectivity index (χ2n) is 2.85. The van der Waals surface area contributed by atoms with E-state index in [0.29, 0.717) is 12.5 Å². The second-order valence-corrected chi connectivity index (χ2v) is 3.70. The van der Waals surface area contributed by atoms with Crippen molar-refractivity contribution in [1.82, 2.24) is 0 Å². The maximum Gasteiger partial charge on any atom is 0.129 e. The summed E-state index contributed by atoms with van der Waals surface area (Å²) < 4.78 is 0.723. The molecule has 0 aliphatic heterocycles. The molecule has 2 nitrogen and oxygen atoms in total. The molecule has 0 aliphatic carbocycles. The van der Waals surface area contributed by atoms with E-state index in [-0.39, 0.29) is 5.75 Å². The largest absolute Gasteiger partial charge is 0.507 e. The standard InChI is InChI=1S/C9H12BrNO/c1-6(5-11)7-2-3-9(12)8(10)4-7/h2-4,6,12H,5,11H2,1H3. The molecule has 0 bridgehead atoms. The molecule has 0 aromatic heterocycles. The molecular formula is C9H12BrNO. The van der Waals surface area contributed by atoms with Crippen LogP contribution in [-0.2, 0) is 0 Å². The number of aromatic hydroxyl groups is 1. The molecule has 3 heteroatoms. The molecule has 1 atom stereocenters. The van der Waals surface area contributed by atoms with Crippen LogP contribution in [0.4, 0.5) is 0 Å². The molecule has 0 aliphatic rings. The van der Waals surface area contributed by atoms with Crippen LogP contribution in [0.5, 0.6) is 5.75 Å². The van der Waals surface area contributed by atoms with Crippen LogP contribution in [0, 0.1) is 0 Å². The minimum Gasteiger partial charge on any atom is -0.507 e. The van der Waals surface area contributed by atoms with Crippen molar-refractivity contribution in [3.8, 4) is 5.75 Å². The van der Waals surface area contributed by atoms with E-state index < -0.39 is 0 Å². The molecule has 1 unspecified atom stereocenters. The van der Waals surface area contributed by atoms with Crippen molar-refractivity contribution in [2.24, 2.45) is 5.73 Å². The van der Waals surface area contributed by atoms with E-state index in [1.807, 2.05) is 12.1 Å². The molecule has 0 spiro atoms. The van der Waals surface area contributed by atoms with Gasteiger partial charge in [-0.3, -0.25) is 0 Å². The van der Waals surface area contributed by atoms with Gasteiger partial charge >= 0.3 is 0 Å². The molecule has 0 heterocycles. The van der Waals surface area contributed by atoms with Gasteiger partial charge in [-0.25, -0.2) is 0 Å². The minimum absolute atomic E-state index is 0.267. The number of hydrogen-bond donors (Lipinski definition) is 2. The zero-order valence-corrected chi connectivity index (χ0v) is 8.51. The summed E-state index contributed by atoms with van der Waals surface area (Å²) in [5.41, 5.74) is 6.66. The third-order valence-corrected chi connectivity index (χ3v) is 2.53. The first-order valence-corrected chi connectivity index (χ1v) is 4.63. The zero-order valence-electron chi connectivity index (χ0n) is 6.92. The van der Waals surface area contributed by atoms with Crippen LogP contribution in [-0.4, -0.2) is 11.7 Å². The van der Waals surface area contributed by atoms with Gasteiger partial charge in [0.2, 0.25) is 0 Å². The fraction of sp³-hybridized carbons (Fsp3) is 0.333. The Kier molecular flexibility index (Phi) is 3.12. The lowest BCUT2D eigenvalue weighted by atomic mass is 10.0. The Balaban J connectivity index is 2.96. The fourth-order valence-corrected chi connectivity index (χ4v) is 1.36. The summed E-state index contributed by atoms with van der Waals surface area (Å²) in [6.45, 7) is 2.68. The summed E-state index contributed by atoms with van der Waals surface area (Å²) >= 11 is 3.25. The average Bonchev–Trinajstić information content (AvgIpc) is 2.08. The summed E-state index contributed by atoms with van der Waals surface area (Å²) in [4.78, 5) is 0. The lowest BCUT2D eigenvalue weighted by Crippen LogP contribution is -2.08. The molecule has 3 N–H and O–H groups in total. The third kappa shape index (κ3) is 1.99. The predicted octanol–water partition coefficient (Wildman–Crippen LogP) is 2.22. The van der Waals surface area contributed by atoms with Gasteiger partial charge < -0.3 is 10.8 Å². The number of nitrogens with two attached hydrogens (primary N) is 1. The lowest BCUT2D eigenvalue weighted by molar-refractivity contribution is 0.471. The van der Waals surface area contributed by atoms with Crippen LogP contribution in [0.25, 0.3) is 0 Å². The quantitative estimate of drug-likeness (QED) is 0.818. The van der Waals surface area contributed by atoms with Gasteiger partial charge in [-0.2, -0.15) is 0 Å².